The van der Waals surface area contributed by atoms with Gasteiger partial charge in [0.1, 0.15) is 5.75 Å². The summed E-state index contributed by atoms with van der Waals surface area (Å²) in [4.78, 5) is 0. The molecule has 3 N–H and O–H groups in total. The molecule has 17 heavy (non-hydrogen) atoms. The average molecular weight is 258 g/mol. The molecule has 0 spiro atoms. The monoisotopic (exact) mass is 258 g/mol. The van der Waals surface area contributed by atoms with Gasteiger partial charge in [-0.15, -0.1) is 0 Å². The van der Waals surface area contributed by atoms with Crippen LogP contribution >= 0.6 is 0 Å². The molecule has 1 aromatic carbocycles. The van der Waals surface area contributed by atoms with Crippen LogP contribution < -0.4 is 15.2 Å². The topological polar surface area (TPSA) is 81.4 Å². The Morgan fingerprint density at radius 3 is 2.41 bits per heavy atom. The van der Waals surface area contributed by atoms with E-state index < -0.39 is 15.3 Å². The molecule has 1 aromatic rings. The van der Waals surface area contributed by atoms with E-state index in [1.807, 2.05) is 6.92 Å². The van der Waals surface area contributed by atoms with Crippen LogP contribution in [0.4, 0.5) is 5.69 Å². The van der Waals surface area contributed by atoms with Gasteiger partial charge >= 0.3 is 0 Å². The zero-order valence-corrected chi connectivity index (χ0v) is 10.8. The number of anilines is 1. The average Bonchev–Trinajstić information content (AvgIpc) is 2.30. The molecule has 0 radical (unpaired) electrons. The maximum atomic E-state index is 11.7. The van der Waals surface area contributed by atoms with Gasteiger partial charge in [-0.3, -0.25) is 4.72 Å². The fourth-order valence-corrected chi connectivity index (χ4v) is 2.10. The van der Waals surface area contributed by atoms with E-state index in [0.717, 1.165) is 0 Å². The van der Waals surface area contributed by atoms with Gasteiger partial charge in [0, 0.05) is 12.2 Å². The van der Waals surface area contributed by atoms with Crippen molar-refractivity contribution in [3.63, 3.8) is 0 Å². The first-order valence-electron chi connectivity index (χ1n) is 5.44. The number of nitrogens with two attached hydrogens (primary N) is 1. The zero-order chi connectivity index (χ0) is 12.9. The summed E-state index contributed by atoms with van der Waals surface area (Å²) in [7, 11) is -3.40. The molecule has 6 heteroatoms. The molecule has 1 rings (SSSR count). The van der Waals surface area contributed by atoms with Crippen LogP contribution in [0.15, 0.2) is 24.3 Å². The van der Waals surface area contributed by atoms with Gasteiger partial charge in [-0.25, -0.2) is 8.42 Å². The van der Waals surface area contributed by atoms with Crippen molar-refractivity contribution < 1.29 is 13.2 Å². The second-order valence-corrected chi connectivity index (χ2v) is 5.75. The number of benzene rings is 1. The normalized spacial score (nSPS) is 13.1. The Hall–Kier alpha value is -1.27. The van der Waals surface area contributed by atoms with Gasteiger partial charge in [0.25, 0.3) is 0 Å². The molecule has 0 heterocycles. The Bertz CT molecular complexity index is 442. The second kappa shape index (κ2) is 5.88. The van der Waals surface area contributed by atoms with Crippen molar-refractivity contribution in [1.82, 2.24) is 0 Å². The van der Waals surface area contributed by atoms with Crippen molar-refractivity contribution in [2.75, 3.05) is 17.9 Å². The lowest BCUT2D eigenvalue weighted by Crippen LogP contribution is -2.31. The van der Waals surface area contributed by atoms with E-state index in [2.05, 4.69) is 4.72 Å². The number of hydrogen-bond acceptors (Lipinski definition) is 4. The van der Waals surface area contributed by atoms with Crippen molar-refractivity contribution in [3.05, 3.63) is 24.3 Å². The lowest BCUT2D eigenvalue weighted by Gasteiger charge is -2.13. The quantitative estimate of drug-likeness (QED) is 0.802. The minimum Gasteiger partial charge on any atom is -0.494 e. The van der Waals surface area contributed by atoms with Gasteiger partial charge < -0.3 is 10.5 Å². The summed E-state index contributed by atoms with van der Waals surface area (Å²) >= 11 is 0. The molecule has 1 atom stereocenters. The Morgan fingerprint density at radius 1 is 1.35 bits per heavy atom. The molecule has 0 amide bonds. The summed E-state index contributed by atoms with van der Waals surface area (Å²) < 4.78 is 31.2. The third-order valence-electron chi connectivity index (χ3n) is 2.29. The van der Waals surface area contributed by atoms with Crippen LogP contribution in [0.25, 0.3) is 0 Å². The van der Waals surface area contributed by atoms with Crippen LogP contribution in [0, 0.1) is 0 Å². The number of sulfonamides is 1. The van der Waals surface area contributed by atoms with E-state index in [0.29, 0.717) is 18.0 Å². The van der Waals surface area contributed by atoms with Gasteiger partial charge in [-0.1, -0.05) is 0 Å². The summed E-state index contributed by atoms with van der Waals surface area (Å²) in [5, 5.41) is -0.617. The molecular weight excluding hydrogens is 240 g/mol. The van der Waals surface area contributed by atoms with Crippen LogP contribution in [-0.2, 0) is 10.0 Å². The SMILES string of the molecule is CCOc1ccc(NS(=O)(=O)C(C)CN)cc1. The Labute approximate surface area is 102 Å². The molecule has 0 fully saturated rings. The highest BCUT2D eigenvalue weighted by Gasteiger charge is 2.18. The molecule has 5 nitrogen and oxygen atoms in total. The standard InChI is InChI=1S/C11H18N2O3S/c1-3-16-11-6-4-10(5-7-11)13-17(14,15)9(2)8-12/h4-7,9,13H,3,8,12H2,1-2H3. The predicted molar refractivity (Wildman–Crippen MR) is 68.7 cm³/mol. The van der Waals surface area contributed by atoms with E-state index >= 15 is 0 Å². The zero-order valence-electron chi connectivity index (χ0n) is 10.0. The number of nitrogens with one attached hydrogen (secondary N) is 1. The largest absolute Gasteiger partial charge is 0.494 e. The summed E-state index contributed by atoms with van der Waals surface area (Å²) in [6.45, 7) is 4.12. The molecular formula is C11H18N2O3S. The minimum absolute atomic E-state index is 0.0896. The Kier molecular flexibility index (Phi) is 4.77. The minimum atomic E-state index is -3.40. The molecule has 0 aromatic heterocycles. The van der Waals surface area contributed by atoms with Gasteiger partial charge in [-0.2, -0.15) is 0 Å². The van der Waals surface area contributed by atoms with E-state index in [1.54, 1.807) is 31.2 Å². The van der Waals surface area contributed by atoms with Gasteiger partial charge in [0.15, 0.2) is 0 Å². The van der Waals surface area contributed by atoms with E-state index in [9.17, 15) is 8.42 Å². The molecule has 1 unspecified atom stereocenters. The predicted octanol–water partition coefficient (Wildman–Crippen LogP) is 1.17. The van der Waals surface area contributed by atoms with E-state index in [1.165, 1.54) is 0 Å². The molecule has 0 saturated carbocycles. The summed E-state index contributed by atoms with van der Waals surface area (Å²) in [6, 6.07) is 6.75. The first-order valence-corrected chi connectivity index (χ1v) is 6.98. The third kappa shape index (κ3) is 3.90. The number of rotatable bonds is 6. The van der Waals surface area contributed by atoms with Crippen LogP contribution in [0.3, 0.4) is 0 Å². The van der Waals surface area contributed by atoms with E-state index in [4.69, 9.17) is 10.5 Å². The van der Waals surface area contributed by atoms with Crippen LogP contribution in [0.1, 0.15) is 13.8 Å². The van der Waals surface area contributed by atoms with Gasteiger partial charge in [-0.05, 0) is 38.1 Å². The van der Waals surface area contributed by atoms with Crippen molar-refractivity contribution in [2.24, 2.45) is 5.73 Å². The van der Waals surface area contributed by atoms with Crippen molar-refractivity contribution in [2.45, 2.75) is 19.1 Å². The van der Waals surface area contributed by atoms with Crippen molar-refractivity contribution >= 4 is 15.7 Å². The molecule has 0 saturated heterocycles. The second-order valence-electron chi connectivity index (χ2n) is 3.65. The van der Waals surface area contributed by atoms with E-state index in [-0.39, 0.29) is 6.54 Å². The first-order chi connectivity index (χ1) is 7.99. The smallest absolute Gasteiger partial charge is 0.236 e. The molecule has 96 valence electrons. The van der Waals surface area contributed by atoms with Crippen LogP contribution in [0.2, 0.25) is 0 Å². The highest BCUT2D eigenvalue weighted by molar-refractivity contribution is 7.93. The Balaban J connectivity index is 2.75. The summed E-state index contributed by atoms with van der Waals surface area (Å²) in [5.74, 6) is 0.710. The van der Waals surface area contributed by atoms with Gasteiger partial charge in [0.05, 0.1) is 11.9 Å². The number of hydrogen-bond donors (Lipinski definition) is 2. The molecule has 0 bridgehead atoms. The third-order valence-corrected chi connectivity index (χ3v) is 4.06. The highest BCUT2D eigenvalue weighted by atomic mass is 32.2. The molecule has 0 aliphatic rings. The molecule has 0 aliphatic carbocycles. The van der Waals surface area contributed by atoms with Crippen LogP contribution in [0.5, 0.6) is 5.75 Å². The lowest BCUT2D eigenvalue weighted by atomic mass is 10.3. The lowest BCUT2D eigenvalue weighted by molar-refractivity contribution is 0.340. The van der Waals surface area contributed by atoms with Crippen molar-refractivity contribution in [3.8, 4) is 5.75 Å². The summed E-state index contributed by atoms with van der Waals surface area (Å²) in [6.07, 6.45) is 0. The highest BCUT2D eigenvalue weighted by Crippen LogP contribution is 2.17. The first kappa shape index (κ1) is 13.8. The maximum absolute atomic E-state index is 11.7. The van der Waals surface area contributed by atoms with Gasteiger partial charge in [0.2, 0.25) is 10.0 Å². The molecule has 0 aliphatic heterocycles. The summed E-state index contributed by atoms with van der Waals surface area (Å²) in [5.41, 5.74) is 5.84. The number of ether oxygens (including phenoxy) is 1. The Morgan fingerprint density at radius 2 is 1.94 bits per heavy atom. The maximum Gasteiger partial charge on any atom is 0.236 e. The fraction of sp³-hybridized carbons (Fsp3) is 0.455. The van der Waals surface area contributed by atoms with Crippen molar-refractivity contribution in [1.29, 1.82) is 0 Å². The fourth-order valence-electron chi connectivity index (χ4n) is 1.18. The van der Waals surface area contributed by atoms with Crippen LogP contribution in [-0.4, -0.2) is 26.8 Å².